The zero-order chi connectivity index (χ0) is 14.5. The summed E-state index contributed by atoms with van der Waals surface area (Å²) >= 11 is 3.35. The van der Waals surface area contributed by atoms with Gasteiger partial charge in [-0.25, -0.2) is 0 Å². The van der Waals surface area contributed by atoms with E-state index in [0.29, 0.717) is 12.4 Å². The monoisotopic (exact) mass is 339 g/mol. The number of amides is 1. The van der Waals surface area contributed by atoms with Gasteiger partial charge in [0.2, 0.25) is 0 Å². The van der Waals surface area contributed by atoms with E-state index in [0.717, 1.165) is 22.9 Å². The Balaban J connectivity index is 1.96. The molecule has 4 nitrogen and oxygen atoms in total. The molecule has 2 atom stereocenters. The lowest BCUT2D eigenvalue weighted by atomic mass is 10.0. The number of aliphatic hydroxyl groups is 1. The van der Waals surface area contributed by atoms with Crippen LogP contribution in [0.5, 0.6) is 0 Å². The summed E-state index contributed by atoms with van der Waals surface area (Å²) in [5, 5.41) is 13.0. The maximum absolute atomic E-state index is 12.0. The molecule has 1 aliphatic heterocycles. The number of rotatable bonds is 4. The Labute approximate surface area is 127 Å². The molecule has 2 unspecified atom stereocenters. The fourth-order valence-corrected chi connectivity index (χ4v) is 2.29. The Morgan fingerprint density at radius 2 is 2.10 bits per heavy atom. The molecule has 0 aromatic heterocycles. The Bertz CT molecular complexity index is 498. The lowest BCUT2D eigenvalue weighted by Crippen LogP contribution is -2.38. The van der Waals surface area contributed by atoms with Gasteiger partial charge in [0.1, 0.15) is 0 Å². The number of hydrogen-bond acceptors (Lipinski definition) is 3. The number of hydrogen-bond donors (Lipinski definition) is 2. The van der Waals surface area contributed by atoms with Crippen LogP contribution >= 0.6 is 15.9 Å². The minimum absolute atomic E-state index is 0.270. The summed E-state index contributed by atoms with van der Waals surface area (Å²) in [4.78, 5) is 12.0. The first-order valence-corrected chi connectivity index (χ1v) is 7.44. The second kappa shape index (κ2) is 6.90. The quantitative estimate of drug-likeness (QED) is 0.886. The molecule has 0 saturated heterocycles. The van der Waals surface area contributed by atoms with Crippen LogP contribution in [0.4, 0.5) is 0 Å². The van der Waals surface area contributed by atoms with Gasteiger partial charge >= 0.3 is 0 Å². The second-order valence-corrected chi connectivity index (χ2v) is 5.73. The molecular formula is C15H18BrNO3. The lowest BCUT2D eigenvalue weighted by Gasteiger charge is -2.22. The molecule has 0 fully saturated rings. The summed E-state index contributed by atoms with van der Waals surface area (Å²) in [6, 6.07) is 6.98. The van der Waals surface area contributed by atoms with E-state index < -0.39 is 12.1 Å². The van der Waals surface area contributed by atoms with Crippen molar-refractivity contribution < 1.29 is 14.6 Å². The molecule has 0 saturated carbocycles. The highest BCUT2D eigenvalue weighted by Crippen LogP contribution is 2.20. The number of carbonyl (C=O) groups excluding carboxylic acids is 1. The van der Waals surface area contributed by atoms with Gasteiger partial charge in [-0.15, -0.1) is 0 Å². The number of benzene rings is 1. The van der Waals surface area contributed by atoms with E-state index in [1.165, 1.54) is 0 Å². The summed E-state index contributed by atoms with van der Waals surface area (Å²) in [5.74, 6) is 0.0828. The van der Waals surface area contributed by atoms with Gasteiger partial charge in [-0.2, -0.15) is 0 Å². The average Bonchev–Trinajstić information content (AvgIpc) is 2.48. The molecule has 1 aromatic carbocycles. The molecular weight excluding hydrogens is 322 g/mol. The number of carbonyl (C=O) groups is 1. The van der Waals surface area contributed by atoms with Crippen LogP contribution < -0.4 is 5.32 Å². The third-order valence-corrected chi connectivity index (χ3v) is 3.73. The van der Waals surface area contributed by atoms with Crippen LogP contribution in [-0.2, 0) is 9.53 Å². The SMILES string of the molecule is CC(NC(=O)C1=CCCCO1)C(O)c1ccc(Br)cc1. The summed E-state index contributed by atoms with van der Waals surface area (Å²) in [6.07, 6.45) is 2.83. The van der Waals surface area contributed by atoms with Crippen LogP contribution in [0.1, 0.15) is 31.4 Å². The molecule has 0 radical (unpaired) electrons. The molecule has 108 valence electrons. The summed E-state index contributed by atoms with van der Waals surface area (Å²) in [5.41, 5.74) is 0.763. The molecule has 1 aromatic rings. The van der Waals surface area contributed by atoms with E-state index in [1.54, 1.807) is 13.0 Å². The van der Waals surface area contributed by atoms with Crippen molar-refractivity contribution in [3.05, 3.63) is 46.1 Å². The number of halogens is 1. The highest BCUT2D eigenvalue weighted by Gasteiger charge is 2.21. The fourth-order valence-electron chi connectivity index (χ4n) is 2.02. The zero-order valence-electron chi connectivity index (χ0n) is 11.3. The van der Waals surface area contributed by atoms with E-state index >= 15 is 0 Å². The van der Waals surface area contributed by atoms with Crippen molar-refractivity contribution in [1.29, 1.82) is 0 Å². The smallest absolute Gasteiger partial charge is 0.286 e. The van der Waals surface area contributed by atoms with Crippen molar-refractivity contribution >= 4 is 21.8 Å². The largest absolute Gasteiger partial charge is 0.488 e. The second-order valence-electron chi connectivity index (χ2n) is 4.82. The minimum Gasteiger partial charge on any atom is -0.488 e. The highest BCUT2D eigenvalue weighted by atomic mass is 79.9. The maximum atomic E-state index is 12.0. The molecule has 1 aliphatic rings. The molecule has 0 bridgehead atoms. The van der Waals surface area contributed by atoms with Crippen molar-refractivity contribution in [2.45, 2.75) is 31.9 Å². The lowest BCUT2D eigenvalue weighted by molar-refractivity contribution is -0.122. The van der Waals surface area contributed by atoms with E-state index in [1.807, 2.05) is 24.3 Å². The van der Waals surface area contributed by atoms with Crippen molar-refractivity contribution in [3.63, 3.8) is 0 Å². The van der Waals surface area contributed by atoms with E-state index in [2.05, 4.69) is 21.2 Å². The summed E-state index contributed by atoms with van der Waals surface area (Å²) < 4.78 is 6.25. The van der Waals surface area contributed by atoms with Gasteiger partial charge < -0.3 is 15.2 Å². The number of nitrogens with one attached hydrogen (secondary N) is 1. The van der Waals surface area contributed by atoms with Gasteiger partial charge in [-0.05, 0) is 43.5 Å². The van der Waals surface area contributed by atoms with Crippen molar-refractivity contribution in [3.8, 4) is 0 Å². The van der Waals surface area contributed by atoms with Crippen molar-refractivity contribution in [1.82, 2.24) is 5.32 Å². The van der Waals surface area contributed by atoms with Gasteiger partial charge in [0.05, 0.1) is 18.8 Å². The summed E-state index contributed by atoms with van der Waals surface area (Å²) in [6.45, 7) is 2.34. The van der Waals surface area contributed by atoms with Crippen LogP contribution in [0.3, 0.4) is 0 Å². The fraction of sp³-hybridized carbons (Fsp3) is 0.400. The Kier molecular flexibility index (Phi) is 5.20. The van der Waals surface area contributed by atoms with Gasteiger partial charge in [0, 0.05) is 4.47 Å². The van der Waals surface area contributed by atoms with Crippen molar-refractivity contribution in [2.75, 3.05) is 6.61 Å². The van der Waals surface area contributed by atoms with Crippen LogP contribution in [0, 0.1) is 0 Å². The minimum atomic E-state index is -0.753. The topological polar surface area (TPSA) is 58.6 Å². The highest BCUT2D eigenvalue weighted by molar-refractivity contribution is 9.10. The van der Waals surface area contributed by atoms with Gasteiger partial charge in [-0.1, -0.05) is 28.1 Å². The van der Waals surface area contributed by atoms with Gasteiger partial charge in [0.25, 0.3) is 5.91 Å². The first-order chi connectivity index (χ1) is 9.58. The Morgan fingerprint density at radius 3 is 2.70 bits per heavy atom. The number of allylic oxidation sites excluding steroid dienone is 1. The third kappa shape index (κ3) is 3.84. The Morgan fingerprint density at radius 1 is 1.40 bits per heavy atom. The molecule has 0 spiro atoms. The normalized spacial score (nSPS) is 17.6. The van der Waals surface area contributed by atoms with Crippen LogP contribution in [0.25, 0.3) is 0 Å². The molecule has 0 aliphatic carbocycles. The molecule has 2 rings (SSSR count). The first-order valence-electron chi connectivity index (χ1n) is 6.65. The molecule has 20 heavy (non-hydrogen) atoms. The van der Waals surface area contributed by atoms with Crippen LogP contribution in [-0.4, -0.2) is 23.7 Å². The molecule has 1 amide bonds. The zero-order valence-corrected chi connectivity index (χ0v) is 12.9. The van der Waals surface area contributed by atoms with E-state index in [-0.39, 0.29) is 5.91 Å². The number of ether oxygens (including phenoxy) is 1. The van der Waals surface area contributed by atoms with Crippen LogP contribution in [0.2, 0.25) is 0 Å². The first kappa shape index (κ1) is 15.1. The average molecular weight is 340 g/mol. The van der Waals surface area contributed by atoms with Crippen LogP contribution in [0.15, 0.2) is 40.6 Å². The standard InChI is InChI=1S/C15H18BrNO3/c1-10(14(18)11-5-7-12(16)8-6-11)17-15(19)13-4-2-3-9-20-13/h4-8,10,14,18H,2-3,9H2,1H3,(H,17,19). The third-order valence-electron chi connectivity index (χ3n) is 3.20. The Hall–Kier alpha value is -1.33. The molecule has 1 heterocycles. The van der Waals surface area contributed by atoms with Gasteiger partial charge in [-0.3, -0.25) is 4.79 Å². The van der Waals surface area contributed by atoms with Gasteiger partial charge in [0.15, 0.2) is 5.76 Å². The summed E-state index contributed by atoms with van der Waals surface area (Å²) in [7, 11) is 0. The predicted molar refractivity (Wildman–Crippen MR) is 80.0 cm³/mol. The predicted octanol–water partition coefficient (Wildman–Crippen LogP) is 2.68. The molecule has 5 heteroatoms. The maximum Gasteiger partial charge on any atom is 0.286 e. The van der Waals surface area contributed by atoms with Crippen molar-refractivity contribution in [2.24, 2.45) is 0 Å². The molecule has 2 N–H and O–H groups in total. The van der Waals surface area contributed by atoms with E-state index in [4.69, 9.17) is 4.74 Å². The number of aliphatic hydroxyl groups excluding tert-OH is 1. The van der Waals surface area contributed by atoms with E-state index in [9.17, 15) is 9.90 Å².